The predicted octanol–water partition coefficient (Wildman–Crippen LogP) is 3.55. The van der Waals surface area contributed by atoms with Crippen LogP contribution in [0.1, 0.15) is 18.3 Å². The number of carbonyl (C=O) groups is 1. The third-order valence-electron chi connectivity index (χ3n) is 2.50. The molecule has 1 heterocycles. The molecular weight excluding hydrogens is 322 g/mol. The van der Waals surface area contributed by atoms with Gasteiger partial charge in [-0.3, -0.25) is 5.32 Å². The molecule has 0 saturated carbocycles. The summed E-state index contributed by atoms with van der Waals surface area (Å²) in [6, 6.07) is 11.1. The van der Waals surface area contributed by atoms with Crippen molar-refractivity contribution in [2.24, 2.45) is 0 Å². The number of aromatic nitrogens is 2. The van der Waals surface area contributed by atoms with Gasteiger partial charge in [-0.05, 0) is 21.5 Å². The van der Waals surface area contributed by atoms with Crippen LogP contribution in [0.5, 0.6) is 0 Å². The van der Waals surface area contributed by atoms with Crippen molar-refractivity contribution >= 4 is 27.8 Å². The second kappa shape index (κ2) is 7.00. The van der Waals surface area contributed by atoms with Crippen LogP contribution in [0, 0.1) is 0 Å². The number of rotatable bonds is 4. The van der Waals surface area contributed by atoms with Crippen molar-refractivity contribution < 1.29 is 9.53 Å². The summed E-state index contributed by atoms with van der Waals surface area (Å²) in [6.07, 6.45) is 0.147. The quantitative estimate of drug-likeness (QED) is 0.868. The van der Waals surface area contributed by atoms with Gasteiger partial charge in [-0.25, -0.2) is 14.8 Å². The van der Waals surface area contributed by atoms with Crippen molar-refractivity contribution in [3.63, 3.8) is 0 Å². The Labute approximate surface area is 125 Å². The van der Waals surface area contributed by atoms with Crippen LogP contribution in [-0.2, 0) is 17.8 Å². The van der Waals surface area contributed by atoms with E-state index in [1.54, 1.807) is 6.07 Å². The fourth-order valence-electron chi connectivity index (χ4n) is 1.55. The van der Waals surface area contributed by atoms with E-state index in [-0.39, 0.29) is 6.61 Å². The van der Waals surface area contributed by atoms with E-state index < -0.39 is 6.09 Å². The highest BCUT2D eigenvalue weighted by Gasteiger charge is 2.07. The molecule has 0 aliphatic rings. The van der Waals surface area contributed by atoms with Gasteiger partial charge < -0.3 is 4.74 Å². The Kier molecular flexibility index (Phi) is 5.06. The Morgan fingerprint density at radius 1 is 1.30 bits per heavy atom. The van der Waals surface area contributed by atoms with Gasteiger partial charge in [0.2, 0.25) is 0 Å². The topological polar surface area (TPSA) is 64.1 Å². The highest BCUT2D eigenvalue weighted by atomic mass is 79.9. The second-order valence-corrected chi connectivity index (χ2v) is 4.84. The lowest BCUT2D eigenvalue weighted by Crippen LogP contribution is -2.15. The number of halogens is 1. The Balaban J connectivity index is 1.93. The van der Waals surface area contributed by atoms with Crippen LogP contribution >= 0.6 is 15.9 Å². The maximum atomic E-state index is 11.7. The average molecular weight is 336 g/mol. The first-order chi connectivity index (χ1) is 9.67. The number of carbonyl (C=O) groups excluding carboxylic acids is 1. The zero-order chi connectivity index (χ0) is 14.4. The minimum Gasteiger partial charge on any atom is -0.444 e. The van der Waals surface area contributed by atoms with Crippen LogP contribution in [0.4, 0.5) is 10.6 Å². The number of ether oxygens (including phenoxy) is 1. The standard InChI is InChI=1S/C14H14BrN3O2/c1-2-12-16-11(15)8-13(17-12)18-14(19)20-9-10-6-4-3-5-7-10/h3-8H,2,9H2,1H3,(H,16,17,18,19). The van der Waals surface area contributed by atoms with Gasteiger partial charge in [-0.15, -0.1) is 0 Å². The molecule has 0 radical (unpaired) electrons. The van der Waals surface area contributed by atoms with Gasteiger partial charge in [0.15, 0.2) is 0 Å². The third kappa shape index (κ3) is 4.31. The number of hydrogen-bond acceptors (Lipinski definition) is 4. The molecule has 1 N–H and O–H groups in total. The highest BCUT2D eigenvalue weighted by Crippen LogP contribution is 2.13. The summed E-state index contributed by atoms with van der Waals surface area (Å²) in [5.74, 6) is 1.07. The fraction of sp³-hybridized carbons (Fsp3) is 0.214. The minimum atomic E-state index is -0.540. The molecule has 104 valence electrons. The van der Waals surface area contributed by atoms with E-state index in [4.69, 9.17) is 4.74 Å². The van der Waals surface area contributed by atoms with Gasteiger partial charge in [0.05, 0.1) is 0 Å². The van der Waals surface area contributed by atoms with Crippen molar-refractivity contribution in [2.75, 3.05) is 5.32 Å². The molecule has 0 bridgehead atoms. The van der Waals surface area contributed by atoms with Crippen LogP contribution in [-0.4, -0.2) is 16.1 Å². The summed E-state index contributed by atoms with van der Waals surface area (Å²) in [4.78, 5) is 20.0. The zero-order valence-corrected chi connectivity index (χ0v) is 12.6. The first-order valence-corrected chi connectivity index (χ1v) is 6.98. The SMILES string of the molecule is CCc1nc(Br)cc(NC(=O)OCc2ccccc2)n1. The number of benzene rings is 1. The van der Waals surface area contributed by atoms with Crippen LogP contribution in [0.15, 0.2) is 41.0 Å². The number of anilines is 1. The van der Waals surface area contributed by atoms with Crippen LogP contribution in [0.2, 0.25) is 0 Å². The Morgan fingerprint density at radius 2 is 2.05 bits per heavy atom. The number of amides is 1. The monoisotopic (exact) mass is 335 g/mol. The summed E-state index contributed by atoms with van der Waals surface area (Å²) in [5, 5.41) is 2.59. The molecule has 20 heavy (non-hydrogen) atoms. The number of nitrogens with zero attached hydrogens (tertiary/aromatic N) is 2. The van der Waals surface area contributed by atoms with Crippen molar-refractivity contribution in [1.82, 2.24) is 9.97 Å². The molecule has 0 fully saturated rings. The maximum Gasteiger partial charge on any atom is 0.413 e. The smallest absolute Gasteiger partial charge is 0.413 e. The minimum absolute atomic E-state index is 0.222. The van der Waals surface area contributed by atoms with Crippen LogP contribution < -0.4 is 5.32 Å². The molecule has 0 aliphatic heterocycles. The number of hydrogen-bond donors (Lipinski definition) is 1. The van der Waals surface area contributed by atoms with Gasteiger partial charge in [0.1, 0.15) is 22.9 Å². The maximum absolute atomic E-state index is 11.7. The van der Waals surface area contributed by atoms with E-state index in [0.717, 1.165) is 5.56 Å². The van der Waals surface area contributed by atoms with E-state index in [0.29, 0.717) is 22.7 Å². The first kappa shape index (κ1) is 14.5. The van der Waals surface area contributed by atoms with Crippen molar-refractivity contribution in [1.29, 1.82) is 0 Å². The Bertz CT molecular complexity index is 590. The van der Waals surface area contributed by atoms with Crippen LogP contribution in [0.3, 0.4) is 0 Å². The lowest BCUT2D eigenvalue weighted by Gasteiger charge is -2.07. The predicted molar refractivity (Wildman–Crippen MR) is 79.4 cm³/mol. The molecule has 6 heteroatoms. The zero-order valence-electron chi connectivity index (χ0n) is 11.0. The molecule has 1 amide bonds. The largest absolute Gasteiger partial charge is 0.444 e. The Hall–Kier alpha value is -1.95. The lowest BCUT2D eigenvalue weighted by atomic mass is 10.2. The van der Waals surface area contributed by atoms with Crippen molar-refractivity contribution in [3.8, 4) is 0 Å². The summed E-state index contributed by atoms with van der Waals surface area (Å²) >= 11 is 3.28. The van der Waals surface area contributed by atoms with Gasteiger partial charge in [-0.2, -0.15) is 0 Å². The van der Waals surface area contributed by atoms with Crippen molar-refractivity contribution in [2.45, 2.75) is 20.0 Å². The molecule has 1 aromatic carbocycles. The normalized spacial score (nSPS) is 10.1. The lowest BCUT2D eigenvalue weighted by molar-refractivity contribution is 0.155. The number of aryl methyl sites for hydroxylation is 1. The molecular formula is C14H14BrN3O2. The van der Waals surface area contributed by atoms with E-state index in [2.05, 4.69) is 31.2 Å². The molecule has 2 rings (SSSR count). The summed E-state index contributed by atoms with van der Waals surface area (Å²) < 4.78 is 5.75. The van der Waals surface area contributed by atoms with Gasteiger partial charge in [0, 0.05) is 12.5 Å². The molecule has 0 aliphatic carbocycles. The van der Waals surface area contributed by atoms with Gasteiger partial charge in [-0.1, -0.05) is 37.3 Å². The third-order valence-corrected chi connectivity index (χ3v) is 2.91. The second-order valence-electron chi connectivity index (χ2n) is 4.03. The highest BCUT2D eigenvalue weighted by molar-refractivity contribution is 9.10. The van der Waals surface area contributed by atoms with Crippen molar-refractivity contribution in [3.05, 3.63) is 52.4 Å². The molecule has 0 unspecified atom stereocenters. The summed E-state index contributed by atoms with van der Waals surface area (Å²) in [6.45, 7) is 2.17. The van der Waals surface area contributed by atoms with Crippen LogP contribution in [0.25, 0.3) is 0 Å². The van der Waals surface area contributed by atoms with Gasteiger partial charge >= 0.3 is 6.09 Å². The molecule has 0 saturated heterocycles. The van der Waals surface area contributed by atoms with Gasteiger partial charge in [0.25, 0.3) is 0 Å². The molecule has 1 aromatic heterocycles. The van der Waals surface area contributed by atoms with E-state index in [1.165, 1.54) is 0 Å². The van der Waals surface area contributed by atoms with E-state index in [9.17, 15) is 4.79 Å². The summed E-state index contributed by atoms with van der Waals surface area (Å²) in [7, 11) is 0. The van der Waals surface area contributed by atoms with E-state index >= 15 is 0 Å². The molecule has 0 atom stereocenters. The Morgan fingerprint density at radius 3 is 2.75 bits per heavy atom. The first-order valence-electron chi connectivity index (χ1n) is 6.18. The molecule has 2 aromatic rings. The molecule has 5 nitrogen and oxygen atoms in total. The molecule has 0 spiro atoms. The average Bonchev–Trinajstić information content (AvgIpc) is 2.45. The summed E-state index contributed by atoms with van der Waals surface area (Å²) in [5.41, 5.74) is 0.931. The van der Waals surface area contributed by atoms with E-state index in [1.807, 2.05) is 37.3 Å². The fourth-order valence-corrected chi connectivity index (χ4v) is 1.97. The number of nitrogens with one attached hydrogen (secondary N) is 1.